The van der Waals surface area contributed by atoms with Gasteiger partial charge in [-0.25, -0.2) is 9.18 Å². The fourth-order valence-electron chi connectivity index (χ4n) is 3.70. The molecule has 1 aromatic carbocycles. The molecule has 7 heteroatoms. The number of halogens is 1. The fraction of sp³-hybridized carbons (Fsp3) is 0.650. The van der Waals surface area contributed by atoms with E-state index in [9.17, 15) is 9.18 Å². The van der Waals surface area contributed by atoms with Gasteiger partial charge in [-0.15, -0.1) is 0 Å². The van der Waals surface area contributed by atoms with Gasteiger partial charge < -0.3 is 20.3 Å². The number of aryl methyl sites for hydroxylation is 1. The first-order chi connectivity index (χ1) is 13.1. The molecular formula is C20H31FN4O2. The molecule has 27 heavy (non-hydrogen) atoms. The Morgan fingerprint density at radius 2 is 2.22 bits per heavy atom. The van der Waals surface area contributed by atoms with Crippen LogP contribution in [0.4, 0.5) is 14.9 Å². The summed E-state index contributed by atoms with van der Waals surface area (Å²) < 4.78 is 19.2. The summed E-state index contributed by atoms with van der Waals surface area (Å²) >= 11 is 0. The first-order valence-corrected chi connectivity index (χ1v) is 9.98. The van der Waals surface area contributed by atoms with E-state index in [-0.39, 0.29) is 17.9 Å². The summed E-state index contributed by atoms with van der Waals surface area (Å²) in [5, 5.41) is 6.26. The van der Waals surface area contributed by atoms with Crippen molar-refractivity contribution in [2.24, 2.45) is 0 Å². The van der Waals surface area contributed by atoms with Gasteiger partial charge in [0.25, 0.3) is 0 Å². The lowest BCUT2D eigenvalue weighted by molar-refractivity contribution is 0.0360. The number of piperidine rings is 1. The molecule has 2 aliphatic rings. The van der Waals surface area contributed by atoms with E-state index >= 15 is 0 Å². The number of nitrogens with one attached hydrogen (secondary N) is 2. The first-order valence-electron chi connectivity index (χ1n) is 9.98. The molecule has 2 amide bonds. The van der Waals surface area contributed by atoms with E-state index in [1.54, 1.807) is 19.1 Å². The second-order valence-electron chi connectivity index (χ2n) is 7.40. The van der Waals surface area contributed by atoms with Crippen LogP contribution < -0.4 is 10.6 Å². The van der Waals surface area contributed by atoms with Gasteiger partial charge in [0.05, 0.1) is 13.2 Å². The second kappa shape index (κ2) is 10.0. The fourth-order valence-corrected chi connectivity index (χ4v) is 3.70. The predicted octanol–water partition coefficient (Wildman–Crippen LogP) is 2.44. The molecule has 150 valence electrons. The van der Waals surface area contributed by atoms with Crippen LogP contribution in [-0.2, 0) is 4.74 Å². The van der Waals surface area contributed by atoms with E-state index in [0.717, 1.165) is 65.2 Å². The van der Waals surface area contributed by atoms with Gasteiger partial charge in [-0.1, -0.05) is 6.07 Å². The second-order valence-corrected chi connectivity index (χ2v) is 7.40. The van der Waals surface area contributed by atoms with Gasteiger partial charge in [0.15, 0.2) is 0 Å². The molecule has 3 rings (SSSR count). The maximum absolute atomic E-state index is 13.8. The summed E-state index contributed by atoms with van der Waals surface area (Å²) in [6, 6.07) is 4.86. The molecule has 0 aromatic heterocycles. The normalized spacial score (nSPS) is 21.0. The minimum Gasteiger partial charge on any atom is -0.379 e. The number of benzene rings is 1. The molecule has 2 saturated heterocycles. The summed E-state index contributed by atoms with van der Waals surface area (Å²) in [5.41, 5.74) is 1.08. The standard InChI is InChI=1S/C20H31FN4O2/c1-16-5-6-17(14-19(16)21)23-20(26)25(18-4-2-7-22-15-18)9-3-8-24-10-12-27-13-11-24/h5-6,14,18,22H,2-4,7-13,15H2,1H3,(H,23,26). The highest BCUT2D eigenvalue weighted by atomic mass is 19.1. The molecule has 2 heterocycles. The molecule has 0 bridgehead atoms. The van der Waals surface area contributed by atoms with Crippen LogP contribution in [0.25, 0.3) is 0 Å². The van der Waals surface area contributed by atoms with E-state index in [1.807, 2.05) is 4.90 Å². The third-order valence-corrected chi connectivity index (χ3v) is 5.37. The van der Waals surface area contributed by atoms with Crippen molar-refractivity contribution in [2.45, 2.75) is 32.2 Å². The van der Waals surface area contributed by atoms with Crippen LogP contribution in [0.1, 0.15) is 24.8 Å². The average molecular weight is 378 g/mol. The SMILES string of the molecule is Cc1ccc(NC(=O)N(CCCN2CCOCC2)C2CCCNC2)cc1F. The number of rotatable bonds is 6. The van der Waals surface area contributed by atoms with Crippen LogP contribution in [-0.4, -0.2) is 74.4 Å². The number of anilines is 1. The molecule has 2 fully saturated rings. The van der Waals surface area contributed by atoms with Crippen molar-refractivity contribution in [3.63, 3.8) is 0 Å². The van der Waals surface area contributed by atoms with Crippen LogP contribution in [0.15, 0.2) is 18.2 Å². The molecule has 0 aliphatic carbocycles. The zero-order valence-corrected chi connectivity index (χ0v) is 16.2. The Hall–Kier alpha value is -1.70. The third-order valence-electron chi connectivity index (χ3n) is 5.37. The van der Waals surface area contributed by atoms with Crippen molar-refractivity contribution in [3.8, 4) is 0 Å². The van der Waals surface area contributed by atoms with E-state index in [2.05, 4.69) is 15.5 Å². The minimum absolute atomic E-state index is 0.145. The van der Waals surface area contributed by atoms with Crippen molar-refractivity contribution < 1.29 is 13.9 Å². The quantitative estimate of drug-likeness (QED) is 0.798. The van der Waals surface area contributed by atoms with Gasteiger partial charge in [-0.05, 0) is 50.4 Å². The number of hydrogen-bond acceptors (Lipinski definition) is 4. The zero-order valence-electron chi connectivity index (χ0n) is 16.2. The lowest BCUT2D eigenvalue weighted by Gasteiger charge is -2.35. The van der Waals surface area contributed by atoms with Crippen LogP contribution in [0, 0.1) is 12.7 Å². The van der Waals surface area contributed by atoms with Gasteiger partial charge in [-0.2, -0.15) is 0 Å². The molecule has 0 saturated carbocycles. The summed E-state index contributed by atoms with van der Waals surface area (Å²) in [6.45, 7) is 8.68. The molecule has 0 spiro atoms. The molecular weight excluding hydrogens is 347 g/mol. The van der Waals surface area contributed by atoms with Gasteiger partial charge in [0.2, 0.25) is 0 Å². The van der Waals surface area contributed by atoms with Crippen LogP contribution in [0.5, 0.6) is 0 Å². The monoisotopic (exact) mass is 378 g/mol. The summed E-state index contributed by atoms with van der Waals surface area (Å²) in [7, 11) is 0. The maximum Gasteiger partial charge on any atom is 0.322 e. The smallest absolute Gasteiger partial charge is 0.322 e. The summed E-state index contributed by atoms with van der Waals surface area (Å²) in [5.74, 6) is -0.300. The van der Waals surface area contributed by atoms with Crippen LogP contribution in [0.2, 0.25) is 0 Å². The Balaban J connectivity index is 1.59. The average Bonchev–Trinajstić information content (AvgIpc) is 2.69. The maximum atomic E-state index is 13.8. The highest BCUT2D eigenvalue weighted by Crippen LogP contribution is 2.17. The minimum atomic E-state index is -0.300. The van der Waals surface area contributed by atoms with Crippen LogP contribution >= 0.6 is 0 Å². The lowest BCUT2D eigenvalue weighted by Crippen LogP contribution is -2.51. The van der Waals surface area contributed by atoms with Crippen molar-refractivity contribution in [2.75, 3.05) is 57.8 Å². The molecule has 1 atom stereocenters. The molecule has 6 nitrogen and oxygen atoms in total. The number of urea groups is 1. The Morgan fingerprint density at radius 1 is 1.41 bits per heavy atom. The van der Waals surface area contributed by atoms with E-state index in [4.69, 9.17) is 4.74 Å². The number of carbonyl (C=O) groups excluding carboxylic acids is 1. The van der Waals surface area contributed by atoms with Crippen LogP contribution in [0.3, 0.4) is 0 Å². The Bertz CT molecular complexity index is 616. The van der Waals surface area contributed by atoms with E-state index in [1.165, 1.54) is 6.07 Å². The number of hydrogen-bond donors (Lipinski definition) is 2. The van der Waals surface area contributed by atoms with Gasteiger partial charge in [0, 0.05) is 44.5 Å². The number of carbonyl (C=O) groups is 1. The first kappa shape index (κ1) is 20.0. The van der Waals surface area contributed by atoms with Gasteiger partial charge in [-0.3, -0.25) is 4.90 Å². The lowest BCUT2D eigenvalue weighted by atomic mass is 10.1. The molecule has 2 aliphatic heterocycles. The number of ether oxygens (including phenoxy) is 1. The summed E-state index contributed by atoms with van der Waals surface area (Å²) in [4.78, 5) is 17.2. The van der Waals surface area contributed by atoms with E-state index < -0.39 is 0 Å². The molecule has 0 radical (unpaired) electrons. The topological polar surface area (TPSA) is 56.8 Å². The Kier molecular flexibility index (Phi) is 7.43. The van der Waals surface area contributed by atoms with Crippen molar-refractivity contribution >= 4 is 11.7 Å². The number of morpholine rings is 1. The van der Waals surface area contributed by atoms with Gasteiger partial charge in [0.1, 0.15) is 5.82 Å². The Morgan fingerprint density at radius 3 is 2.93 bits per heavy atom. The summed E-state index contributed by atoms with van der Waals surface area (Å²) in [6.07, 6.45) is 2.99. The number of amides is 2. The van der Waals surface area contributed by atoms with Crippen molar-refractivity contribution in [1.29, 1.82) is 0 Å². The van der Waals surface area contributed by atoms with E-state index in [0.29, 0.717) is 17.8 Å². The number of nitrogens with zero attached hydrogens (tertiary/aromatic N) is 2. The largest absolute Gasteiger partial charge is 0.379 e. The highest BCUT2D eigenvalue weighted by molar-refractivity contribution is 5.89. The molecule has 1 aromatic rings. The van der Waals surface area contributed by atoms with Gasteiger partial charge >= 0.3 is 6.03 Å². The molecule has 1 unspecified atom stereocenters. The van der Waals surface area contributed by atoms with Crippen molar-refractivity contribution in [1.82, 2.24) is 15.1 Å². The highest BCUT2D eigenvalue weighted by Gasteiger charge is 2.25. The molecule has 2 N–H and O–H groups in total. The zero-order chi connectivity index (χ0) is 19.1. The Labute approximate surface area is 161 Å². The third kappa shape index (κ3) is 5.89. The van der Waals surface area contributed by atoms with Crippen molar-refractivity contribution in [3.05, 3.63) is 29.6 Å². The predicted molar refractivity (Wildman–Crippen MR) is 105 cm³/mol.